The van der Waals surface area contributed by atoms with E-state index in [-0.39, 0.29) is 24.2 Å². The number of hydrogen-bond donors (Lipinski definition) is 5. The molecule has 4 aromatic rings. The second kappa shape index (κ2) is 14.4. The maximum Gasteiger partial charge on any atom is 0.230 e. The third-order valence-electron chi connectivity index (χ3n) is 7.10. The molecule has 0 radical (unpaired) electrons. The average Bonchev–Trinajstić information content (AvgIpc) is 3.64. The van der Waals surface area contributed by atoms with Crippen LogP contribution in [0.5, 0.6) is 0 Å². The van der Waals surface area contributed by atoms with Crippen molar-refractivity contribution in [1.29, 1.82) is 0 Å². The summed E-state index contributed by atoms with van der Waals surface area (Å²) in [5, 5.41) is 36.2. The molecule has 0 aliphatic heterocycles. The van der Waals surface area contributed by atoms with Gasteiger partial charge in [-0.1, -0.05) is 53.4 Å². The quantitative estimate of drug-likeness (QED) is 0.127. The second-order valence-corrected chi connectivity index (χ2v) is 16.7. The summed E-state index contributed by atoms with van der Waals surface area (Å²) in [5.74, 6) is 0.105. The molecule has 1 fully saturated rings. The lowest BCUT2D eigenvalue weighted by Crippen LogP contribution is -2.21. The van der Waals surface area contributed by atoms with E-state index in [1.807, 2.05) is 0 Å². The number of aliphatic hydroxyl groups is 1. The summed E-state index contributed by atoms with van der Waals surface area (Å²) >= 11 is 2.77. The second-order valence-electron chi connectivity index (χ2n) is 11.2. The summed E-state index contributed by atoms with van der Waals surface area (Å²) in [6, 6.07) is 13.4. The van der Waals surface area contributed by atoms with Crippen LogP contribution >= 0.6 is 22.7 Å². The molecule has 18 heteroatoms. The molecule has 246 valence electrons. The summed E-state index contributed by atoms with van der Waals surface area (Å²) in [5.41, 5.74) is 2.43. The minimum Gasteiger partial charge on any atom is -0.373 e. The van der Waals surface area contributed by atoms with Crippen molar-refractivity contribution in [2.45, 2.75) is 56.6 Å². The molecule has 14 nitrogen and oxygen atoms in total. The van der Waals surface area contributed by atoms with Crippen LogP contribution in [0, 0.1) is 0 Å². The van der Waals surface area contributed by atoms with Gasteiger partial charge in [0.15, 0.2) is 0 Å². The first-order valence-electron chi connectivity index (χ1n) is 14.3. The minimum absolute atomic E-state index is 0.108. The average molecular weight is 707 g/mol. The van der Waals surface area contributed by atoms with Gasteiger partial charge in [0.1, 0.15) is 16.2 Å². The highest BCUT2D eigenvalue weighted by Gasteiger charge is 2.29. The van der Waals surface area contributed by atoms with E-state index in [0.717, 1.165) is 59.3 Å². The van der Waals surface area contributed by atoms with Crippen molar-refractivity contribution in [3.8, 4) is 0 Å². The maximum atomic E-state index is 12.6. The van der Waals surface area contributed by atoms with Crippen molar-refractivity contribution >= 4 is 70.3 Å². The fourth-order valence-corrected chi connectivity index (χ4v) is 8.11. The van der Waals surface area contributed by atoms with Crippen LogP contribution in [0.1, 0.15) is 58.7 Å². The van der Waals surface area contributed by atoms with Gasteiger partial charge in [-0.05, 0) is 54.7 Å². The Hall–Kier alpha value is -3.71. The number of anilines is 4. The number of aromatic nitrogens is 4. The zero-order valence-electron chi connectivity index (χ0n) is 25.0. The smallest absolute Gasteiger partial charge is 0.230 e. The molecule has 2 heterocycles. The van der Waals surface area contributed by atoms with E-state index in [1.54, 1.807) is 48.5 Å². The topological polar surface area (TPSA) is 205 Å². The number of benzene rings is 2. The van der Waals surface area contributed by atoms with Crippen molar-refractivity contribution in [3.05, 3.63) is 69.7 Å². The Bertz CT molecular complexity index is 1860. The van der Waals surface area contributed by atoms with Crippen molar-refractivity contribution in [2.24, 2.45) is 0 Å². The molecule has 5 N–H and O–H groups in total. The van der Waals surface area contributed by atoms with Crippen molar-refractivity contribution < 1.29 is 26.7 Å². The summed E-state index contributed by atoms with van der Waals surface area (Å²) in [4.78, 5) is 12.6. The number of hydrogen-bond acceptors (Lipinski definition) is 13. The van der Waals surface area contributed by atoms with Gasteiger partial charge in [0, 0.05) is 29.6 Å². The van der Waals surface area contributed by atoms with Crippen LogP contribution in [0.4, 0.5) is 21.6 Å². The summed E-state index contributed by atoms with van der Waals surface area (Å²) < 4.78 is 50.3. The van der Waals surface area contributed by atoms with Crippen LogP contribution < -0.4 is 20.1 Å². The van der Waals surface area contributed by atoms with E-state index in [2.05, 4.69) is 40.5 Å². The number of rotatable bonds is 13. The summed E-state index contributed by atoms with van der Waals surface area (Å²) in [7, 11) is -6.73. The number of aliphatic hydroxyl groups excluding tert-OH is 1. The number of carbonyl (C=O) groups excluding carboxylic acids is 1. The van der Waals surface area contributed by atoms with Gasteiger partial charge in [0.2, 0.25) is 36.2 Å². The Morgan fingerprint density at radius 3 is 1.85 bits per heavy atom. The van der Waals surface area contributed by atoms with Crippen molar-refractivity contribution in [2.75, 3.05) is 32.6 Å². The van der Waals surface area contributed by atoms with Crippen LogP contribution in [0.3, 0.4) is 0 Å². The van der Waals surface area contributed by atoms with Gasteiger partial charge in [-0.3, -0.25) is 14.2 Å². The fraction of sp³-hybridized carbons (Fsp3) is 0.393. The number of amides is 1. The monoisotopic (exact) mass is 706 g/mol. The molecule has 3 atom stereocenters. The number of nitrogens with zero attached hydrogens (tertiary/aromatic N) is 4. The molecule has 0 spiro atoms. The molecule has 5 rings (SSSR count). The third-order valence-corrected chi connectivity index (χ3v) is 10.3. The lowest BCUT2D eigenvalue weighted by molar-refractivity contribution is -0.115. The summed E-state index contributed by atoms with van der Waals surface area (Å²) in [6.45, 7) is 0. The van der Waals surface area contributed by atoms with E-state index < -0.39 is 26.3 Å². The van der Waals surface area contributed by atoms with Crippen molar-refractivity contribution in [1.82, 2.24) is 20.4 Å². The third kappa shape index (κ3) is 10.1. The van der Waals surface area contributed by atoms with Crippen LogP contribution in [-0.4, -0.2) is 67.0 Å². The Balaban J connectivity index is 1.11. The molecular weight excluding hydrogens is 673 g/mol. The highest BCUT2D eigenvalue weighted by atomic mass is 32.2. The Morgan fingerprint density at radius 2 is 1.30 bits per heavy atom. The fourth-order valence-electron chi connectivity index (χ4n) is 5.14. The van der Waals surface area contributed by atoms with E-state index in [9.17, 15) is 26.7 Å². The van der Waals surface area contributed by atoms with Crippen LogP contribution in [0.25, 0.3) is 0 Å². The standard InChI is InChI=1S/C28H34N8O6S4/c1-45(39,40)35-21-10-6-17(7-11-21)14-23(37)29-27-33-31-25(43-27)19-4-3-5-20(16-19)26-32-34-28(44-26)30-24(38)15-18-8-12-22(13-9-18)36-46(2,41)42/h6-13,19-20,23,35-37H,3-5,14-16H2,1-2H3,(H,29,33)(H,30,34,38). The van der Waals surface area contributed by atoms with Crippen molar-refractivity contribution in [3.63, 3.8) is 0 Å². The first kappa shape index (κ1) is 33.6. The highest BCUT2D eigenvalue weighted by molar-refractivity contribution is 7.92. The molecule has 1 saturated carbocycles. The van der Waals surface area contributed by atoms with E-state index >= 15 is 0 Å². The van der Waals surface area contributed by atoms with Gasteiger partial charge in [0.05, 0.1) is 18.9 Å². The first-order chi connectivity index (χ1) is 21.8. The molecule has 0 bridgehead atoms. The zero-order chi connectivity index (χ0) is 32.9. The van der Waals surface area contributed by atoms with Gasteiger partial charge < -0.3 is 15.7 Å². The molecule has 0 saturated heterocycles. The molecule has 2 aromatic heterocycles. The Morgan fingerprint density at radius 1 is 0.804 bits per heavy atom. The largest absolute Gasteiger partial charge is 0.373 e. The van der Waals surface area contributed by atoms with Gasteiger partial charge in [-0.2, -0.15) is 0 Å². The maximum absolute atomic E-state index is 12.6. The molecule has 1 amide bonds. The first-order valence-corrected chi connectivity index (χ1v) is 19.7. The lowest BCUT2D eigenvalue weighted by Gasteiger charge is -2.25. The number of sulfonamides is 2. The van der Waals surface area contributed by atoms with Gasteiger partial charge in [0.25, 0.3) is 0 Å². The Labute approximate surface area is 275 Å². The number of nitrogens with one attached hydrogen (secondary N) is 4. The van der Waals surface area contributed by atoms with Crippen LogP contribution in [-0.2, 0) is 37.7 Å². The van der Waals surface area contributed by atoms with Gasteiger partial charge >= 0.3 is 0 Å². The number of carbonyl (C=O) groups is 1. The summed E-state index contributed by atoms with van der Waals surface area (Å²) in [6.07, 6.45) is 5.38. The van der Waals surface area contributed by atoms with Crippen LogP contribution in [0.15, 0.2) is 48.5 Å². The highest BCUT2D eigenvalue weighted by Crippen LogP contribution is 2.43. The predicted octanol–water partition coefficient (Wildman–Crippen LogP) is 3.73. The van der Waals surface area contributed by atoms with E-state index in [0.29, 0.717) is 28.1 Å². The van der Waals surface area contributed by atoms with E-state index in [1.165, 1.54) is 22.7 Å². The SMILES string of the molecule is CS(=O)(=O)Nc1ccc(CC(=O)Nc2nnc(C3CCCC(c4nnc(NC(O)Cc5ccc(NS(C)(=O)=O)cc5)s4)C3)s2)cc1. The predicted molar refractivity (Wildman–Crippen MR) is 179 cm³/mol. The minimum atomic E-state index is -3.37. The van der Waals surface area contributed by atoms with Gasteiger partial charge in [-0.25, -0.2) is 16.8 Å². The molecule has 1 aliphatic carbocycles. The zero-order valence-corrected chi connectivity index (χ0v) is 28.3. The molecule has 3 unspecified atom stereocenters. The Kier molecular flexibility index (Phi) is 10.5. The normalized spacial score (nSPS) is 17.6. The van der Waals surface area contributed by atoms with E-state index in [4.69, 9.17) is 0 Å². The molecule has 2 aromatic carbocycles. The molecular formula is C28H34N8O6S4. The molecule has 46 heavy (non-hydrogen) atoms. The van der Waals surface area contributed by atoms with Crippen LogP contribution in [0.2, 0.25) is 0 Å². The van der Waals surface area contributed by atoms with Gasteiger partial charge in [-0.15, -0.1) is 20.4 Å². The molecule has 1 aliphatic rings. The lowest BCUT2D eigenvalue weighted by atomic mass is 9.82.